The van der Waals surface area contributed by atoms with Crippen molar-refractivity contribution in [1.29, 1.82) is 0 Å². The van der Waals surface area contributed by atoms with Gasteiger partial charge in [-0.2, -0.15) is 0 Å². The van der Waals surface area contributed by atoms with Gasteiger partial charge in [-0.1, -0.05) is 29.8 Å². The average Bonchev–Trinajstić information content (AvgIpc) is 3.31. The maximum absolute atomic E-state index is 12.6. The van der Waals surface area contributed by atoms with E-state index in [2.05, 4.69) is 15.6 Å². The van der Waals surface area contributed by atoms with Crippen LogP contribution in [0.25, 0.3) is 11.3 Å². The number of benzene rings is 2. The number of hydrogen-bond donors (Lipinski definition) is 1. The van der Waals surface area contributed by atoms with E-state index in [-0.39, 0.29) is 6.03 Å². The van der Waals surface area contributed by atoms with Gasteiger partial charge in [-0.15, -0.1) is 11.3 Å². The number of thiazole rings is 1. The third-order valence-corrected chi connectivity index (χ3v) is 6.69. The molecule has 1 aliphatic rings. The highest BCUT2D eigenvalue weighted by Gasteiger charge is 2.22. The van der Waals surface area contributed by atoms with Crippen LogP contribution in [0.3, 0.4) is 0 Å². The molecule has 0 aliphatic carbocycles. The van der Waals surface area contributed by atoms with Gasteiger partial charge in [0.15, 0.2) is 11.5 Å². The molecule has 0 saturated carbocycles. The molecule has 9 heteroatoms. The molecule has 1 aromatic heterocycles. The molecule has 2 heterocycles. The number of hydrogen-bond acceptors (Lipinski definition) is 6. The van der Waals surface area contributed by atoms with Gasteiger partial charge in [0.2, 0.25) is 0 Å². The first-order valence-corrected chi connectivity index (χ1v) is 12.0. The number of piperazine rings is 1. The first-order chi connectivity index (χ1) is 16.1. The zero-order chi connectivity index (χ0) is 23.2. The fraction of sp³-hybridized carbons (Fsp3) is 0.333. The van der Waals surface area contributed by atoms with Crippen LogP contribution in [-0.4, -0.2) is 61.2 Å². The van der Waals surface area contributed by atoms with Crippen LogP contribution in [0.1, 0.15) is 10.6 Å². The van der Waals surface area contributed by atoms with Crippen LogP contribution < -0.4 is 14.8 Å². The summed E-state index contributed by atoms with van der Waals surface area (Å²) in [5.41, 5.74) is 3.00. The average molecular weight is 487 g/mol. The normalized spacial score (nSPS) is 14.2. The highest BCUT2D eigenvalue weighted by molar-refractivity contribution is 7.09. The van der Waals surface area contributed by atoms with Crippen LogP contribution in [0.15, 0.2) is 47.8 Å². The Labute approximate surface area is 202 Å². The summed E-state index contributed by atoms with van der Waals surface area (Å²) in [7, 11) is 3.20. The summed E-state index contributed by atoms with van der Waals surface area (Å²) < 4.78 is 10.6. The largest absolute Gasteiger partial charge is 0.493 e. The van der Waals surface area contributed by atoms with E-state index >= 15 is 0 Å². The lowest BCUT2D eigenvalue weighted by Gasteiger charge is -2.34. The smallest absolute Gasteiger partial charge is 0.317 e. The van der Waals surface area contributed by atoms with Gasteiger partial charge in [-0.3, -0.25) is 4.90 Å². The molecule has 33 heavy (non-hydrogen) atoms. The molecule has 0 unspecified atom stereocenters. The van der Waals surface area contributed by atoms with Crippen molar-refractivity contribution in [3.8, 4) is 22.8 Å². The van der Waals surface area contributed by atoms with Crippen molar-refractivity contribution in [3.63, 3.8) is 0 Å². The quantitative estimate of drug-likeness (QED) is 0.532. The van der Waals surface area contributed by atoms with Crippen molar-refractivity contribution in [2.45, 2.75) is 13.1 Å². The molecular weight excluding hydrogens is 460 g/mol. The lowest BCUT2D eigenvalue weighted by Crippen LogP contribution is -2.51. The van der Waals surface area contributed by atoms with Gasteiger partial charge < -0.3 is 19.7 Å². The minimum absolute atomic E-state index is 0.0521. The van der Waals surface area contributed by atoms with E-state index in [1.165, 1.54) is 0 Å². The van der Waals surface area contributed by atoms with Gasteiger partial charge in [0, 0.05) is 48.7 Å². The molecular formula is C24H27ClN4O3S. The van der Waals surface area contributed by atoms with Crippen molar-refractivity contribution in [1.82, 2.24) is 20.1 Å². The Morgan fingerprint density at radius 1 is 1.06 bits per heavy atom. The topological polar surface area (TPSA) is 66.9 Å². The number of nitrogens with one attached hydrogen (secondary N) is 1. The van der Waals surface area contributed by atoms with E-state index in [9.17, 15) is 4.79 Å². The molecule has 0 bridgehead atoms. The van der Waals surface area contributed by atoms with E-state index in [1.54, 1.807) is 25.6 Å². The zero-order valence-corrected chi connectivity index (χ0v) is 20.3. The number of urea groups is 1. The summed E-state index contributed by atoms with van der Waals surface area (Å²) in [6.45, 7) is 4.24. The minimum atomic E-state index is -0.0521. The predicted octanol–water partition coefficient (Wildman–Crippen LogP) is 4.51. The Kier molecular flexibility index (Phi) is 7.69. The van der Waals surface area contributed by atoms with Gasteiger partial charge in [0.05, 0.1) is 26.5 Å². The Bertz CT molecular complexity index is 1080. The molecule has 2 amide bonds. The molecule has 1 N–H and O–H groups in total. The maximum Gasteiger partial charge on any atom is 0.317 e. The Hall–Kier alpha value is -2.81. The lowest BCUT2D eigenvalue weighted by atomic mass is 10.2. The van der Waals surface area contributed by atoms with Crippen LogP contribution in [0, 0.1) is 0 Å². The fourth-order valence-corrected chi connectivity index (χ4v) is 4.69. The maximum atomic E-state index is 12.6. The van der Waals surface area contributed by atoms with Gasteiger partial charge in [0.1, 0.15) is 5.01 Å². The zero-order valence-electron chi connectivity index (χ0n) is 18.7. The standard InChI is InChI=1S/C24H27ClN4O3S/c1-31-21-8-3-17(13-22(21)32-2)14-26-24(30)29-11-9-28(10-12-29)15-23-27-20(16-33-23)18-4-6-19(25)7-5-18/h3-8,13,16H,9-12,14-15H2,1-2H3,(H,26,30). The Morgan fingerprint density at radius 3 is 2.48 bits per heavy atom. The third-order valence-electron chi connectivity index (χ3n) is 5.60. The van der Waals surface area contributed by atoms with Crippen LogP contribution in [0.2, 0.25) is 5.02 Å². The van der Waals surface area contributed by atoms with E-state index in [1.807, 2.05) is 47.4 Å². The third kappa shape index (κ3) is 5.96. The summed E-state index contributed by atoms with van der Waals surface area (Å²) in [5.74, 6) is 1.32. The van der Waals surface area contributed by atoms with E-state index in [0.717, 1.165) is 46.5 Å². The van der Waals surface area contributed by atoms with E-state index in [0.29, 0.717) is 31.1 Å². The summed E-state index contributed by atoms with van der Waals surface area (Å²) in [6.07, 6.45) is 0. The second-order valence-corrected chi connectivity index (χ2v) is 9.12. The second-order valence-electron chi connectivity index (χ2n) is 7.74. The molecule has 3 aromatic rings. The van der Waals surface area contributed by atoms with Gasteiger partial charge in [-0.25, -0.2) is 9.78 Å². The van der Waals surface area contributed by atoms with Crippen molar-refractivity contribution in [2.75, 3.05) is 40.4 Å². The Balaban J connectivity index is 1.24. The number of rotatable bonds is 7. The molecule has 174 valence electrons. The van der Waals surface area contributed by atoms with Crippen molar-refractivity contribution in [3.05, 3.63) is 63.4 Å². The molecule has 4 rings (SSSR count). The summed E-state index contributed by atoms with van der Waals surface area (Å²) >= 11 is 7.64. The van der Waals surface area contributed by atoms with Crippen LogP contribution in [0.5, 0.6) is 11.5 Å². The van der Waals surface area contributed by atoms with Gasteiger partial charge in [0.25, 0.3) is 0 Å². The number of carbonyl (C=O) groups excluding carboxylic acids is 1. The van der Waals surface area contributed by atoms with Crippen LogP contribution in [0.4, 0.5) is 4.79 Å². The lowest BCUT2D eigenvalue weighted by molar-refractivity contribution is 0.135. The predicted molar refractivity (Wildman–Crippen MR) is 131 cm³/mol. The molecule has 1 aliphatic heterocycles. The minimum Gasteiger partial charge on any atom is -0.493 e. The molecule has 0 atom stereocenters. The number of carbonyl (C=O) groups is 1. The number of nitrogens with zero attached hydrogens (tertiary/aromatic N) is 3. The SMILES string of the molecule is COc1ccc(CNC(=O)N2CCN(Cc3nc(-c4ccc(Cl)cc4)cs3)CC2)cc1OC. The fourth-order valence-electron chi connectivity index (χ4n) is 3.72. The highest BCUT2D eigenvalue weighted by Crippen LogP contribution is 2.27. The summed E-state index contributed by atoms with van der Waals surface area (Å²) in [6, 6.07) is 13.3. The Morgan fingerprint density at radius 2 is 1.79 bits per heavy atom. The number of amides is 2. The first-order valence-electron chi connectivity index (χ1n) is 10.7. The number of ether oxygens (including phenoxy) is 2. The van der Waals surface area contributed by atoms with E-state index < -0.39 is 0 Å². The molecule has 7 nitrogen and oxygen atoms in total. The number of aromatic nitrogens is 1. The van der Waals surface area contributed by atoms with Crippen molar-refractivity contribution in [2.24, 2.45) is 0 Å². The van der Waals surface area contributed by atoms with Crippen molar-refractivity contribution < 1.29 is 14.3 Å². The molecule has 0 spiro atoms. The summed E-state index contributed by atoms with van der Waals surface area (Å²) in [4.78, 5) is 21.6. The van der Waals surface area contributed by atoms with E-state index in [4.69, 9.17) is 26.1 Å². The molecule has 1 fully saturated rings. The second kappa shape index (κ2) is 10.9. The van der Waals surface area contributed by atoms with Gasteiger partial charge in [-0.05, 0) is 29.8 Å². The molecule has 0 radical (unpaired) electrons. The number of methoxy groups -OCH3 is 2. The number of halogens is 1. The molecule has 2 aromatic carbocycles. The monoisotopic (exact) mass is 486 g/mol. The highest BCUT2D eigenvalue weighted by atomic mass is 35.5. The summed E-state index contributed by atoms with van der Waals surface area (Å²) in [5, 5.41) is 6.88. The van der Waals surface area contributed by atoms with Gasteiger partial charge >= 0.3 is 6.03 Å². The van der Waals surface area contributed by atoms with Crippen LogP contribution in [-0.2, 0) is 13.1 Å². The van der Waals surface area contributed by atoms with Crippen LogP contribution >= 0.6 is 22.9 Å². The molecule has 1 saturated heterocycles. The first kappa shape index (κ1) is 23.4. The van der Waals surface area contributed by atoms with Crippen molar-refractivity contribution >= 4 is 29.0 Å².